The highest BCUT2D eigenvalue weighted by Gasteiger charge is 2.26. The molecule has 154 valence electrons. The lowest BCUT2D eigenvalue weighted by molar-refractivity contribution is 0.0474. The maximum atomic E-state index is 12.6. The molecule has 1 aliphatic heterocycles. The summed E-state index contributed by atoms with van der Waals surface area (Å²) in [6, 6.07) is 11.7. The third kappa shape index (κ3) is 5.07. The SMILES string of the molecule is O=C(COC(=O)c1ccc(CO)cc1)c1ccc(S(=O)(=O)N2CCOCC2)cc1. The largest absolute Gasteiger partial charge is 0.454 e. The second kappa shape index (κ2) is 9.27. The van der Waals surface area contributed by atoms with E-state index in [0.29, 0.717) is 18.8 Å². The first kappa shape index (κ1) is 21.1. The molecule has 0 amide bonds. The zero-order valence-corrected chi connectivity index (χ0v) is 16.4. The molecule has 0 aliphatic carbocycles. The summed E-state index contributed by atoms with van der Waals surface area (Å²) >= 11 is 0. The van der Waals surface area contributed by atoms with Gasteiger partial charge in [-0.1, -0.05) is 12.1 Å². The minimum Gasteiger partial charge on any atom is -0.454 e. The molecular formula is C20H21NO7S. The van der Waals surface area contributed by atoms with Gasteiger partial charge in [0.25, 0.3) is 0 Å². The van der Waals surface area contributed by atoms with Crippen LogP contribution in [0.15, 0.2) is 53.4 Å². The number of Topliss-reactive ketones (excluding diaryl/α,β-unsaturated/α-hetero) is 1. The third-order valence-corrected chi connectivity index (χ3v) is 6.40. The number of carbonyl (C=O) groups excluding carboxylic acids is 2. The van der Waals surface area contributed by atoms with Crippen LogP contribution in [0.25, 0.3) is 0 Å². The average molecular weight is 419 g/mol. The minimum absolute atomic E-state index is 0.0944. The van der Waals surface area contributed by atoms with Crippen molar-refractivity contribution in [3.05, 3.63) is 65.2 Å². The van der Waals surface area contributed by atoms with Crippen LogP contribution in [-0.2, 0) is 26.1 Å². The molecule has 1 aliphatic rings. The molecule has 9 heteroatoms. The summed E-state index contributed by atoms with van der Waals surface area (Å²) in [7, 11) is -3.63. The van der Waals surface area contributed by atoms with Crippen molar-refractivity contribution in [2.75, 3.05) is 32.9 Å². The Morgan fingerprint density at radius 3 is 2.14 bits per heavy atom. The van der Waals surface area contributed by atoms with Gasteiger partial charge in [0.05, 0.1) is 30.3 Å². The molecule has 2 aromatic carbocycles. The van der Waals surface area contributed by atoms with E-state index in [0.717, 1.165) is 0 Å². The fourth-order valence-corrected chi connectivity index (χ4v) is 4.20. The predicted octanol–water partition coefficient (Wildman–Crippen LogP) is 1.24. The molecule has 1 saturated heterocycles. The fourth-order valence-electron chi connectivity index (χ4n) is 2.79. The number of rotatable bonds is 7. The number of aliphatic hydroxyl groups excluding tert-OH is 1. The Kier molecular flexibility index (Phi) is 6.75. The van der Waals surface area contributed by atoms with Gasteiger partial charge in [-0.15, -0.1) is 0 Å². The summed E-state index contributed by atoms with van der Waals surface area (Å²) < 4.78 is 36.7. The molecule has 0 spiro atoms. The molecule has 0 unspecified atom stereocenters. The van der Waals surface area contributed by atoms with Crippen molar-refractivity contribution in [1.82, 2.24) is 4.31 Å². The van der Waals surface area contributed by atoms with Crippen LogP contribution >= 0.6 is 0 Å². The van der Waals surface area contributed by atoms with E-state index in [-0.39, 0.29) is 35.7 Å². The molecule has 1 heterocycles. The Balaban J connectivity index is 1.60. The van der Waals surface area contributed by atoms with Crippen molar-refractivity contribution in [3.8, 4) is 0 Å². The van der Waals surface area contributed by atoms with Crippen molar-refractivity contribution in [1.29, 1.82) is 0 Å². The van der Waals surface area contributed by atoms with Crippen molar-refractivity contribution >= 4 is 21.8 Å². The Labute approximate surface area is 168 Å². The van der Waals surface area contributed by atoms with E-state index >= 15 is 0 Å². The van der Waals surface area contributed by atoms with Crippen molar-refractivity contribution in [2.24, 2.45) is 0 Å². The minimum atomic E-state index is -3.63. The van der Waals surface area contributed by atoms with Crippen LogP contribution in [0.1, 0.15) is 26.3 Å². The van der Waals surface area contributed by atoms with Gasteiger partial charge in [-0.05, 0) is 42.0 Å². The number of ketones is 1. The van der Waals surface area contributed by atoms with Crippen LogP contribution < -0.4 is 0 Å². The molecule has 2 aromatic rings. The fraction of sp³-hybridized carbons (Fsp3) is 0.300. The number of hydrogen-bond acceptors (Lipinski definition) is 7. The van der Waals surface area contributed by atoms with Gasteiger partial charge in [-0.25, -0.2) is 13.2 Å². The maximum absolute atomic E-state index is 12.6. The topological polar surface area (TPSA) is 110 Å². The van der Waals surface area contributed by atoms with E-state index in [4.69, 9.17) is 14.6 Å². The van der Waals surface area contributed by atoms with Crippen molar-refractivity contribution < 1.29 is 32.6 Å². The Hall–Kier alpha value is -2.59. The monoisotopic (exact) mass is 419 g/mol. The number of benzene rings is 2. The van der Waals surface area contributed by atoms with Gasteiger partial charge >= 0.3 is 5.97 Å². The highest BCUT2D eigenvalue weighted by Crippen LogP contribution is 2.18. The van der Waals surface area contributed by atoms with Crippen LogP contribution in [0.5, 0.6) is 0 Å². The molecule has 29 heavy (non-hydrogen) atoms. The van der Waals surface area contributed by atoms with Crippen LogP contribution in [0.2, 0.25) is 0 Å². The van der Waals surface area contributed by atoms with Crippen LogP contribution in [0, 0.1) is 0 Å². The number of morpholine rings is 1. The van der Waals surface area contributed by atoms with Crippen molar-refractivity contribution in [2.45, 2.75) is 11.5 Å². The van der Waals surface area contributed by atoms with E-state index in [9.17, 15) is 18.0 Å². The maximum Gasteiger partial charge on any atom is 0.338 e. The molecule has 3 rings (SSSR count). The highest BCUT2D eigenvalue weighted by molar-refractivity contribution is 7.89. The van der Waals surface area contributed by atoms with E-state index in [1.54, 1.807) is 12.1 Å². The summed E-state index contributed by atoms with van der Waals surface area (Å²) in [5.74, 6) is -1.10. The van der Waals surface area contributed by atoms with E-state index < -0.39 is 28.4 Å². The van der Waals surface area contributed by atoms with Gasteiger partial charge in [-0.2, -0.15) is 4.31 Å². The van der Waals surface area contributed by atoms with Gasteiger partial charge in [0.2, 0.25) is 10.0 Å². The van der Waals surface area contributed by atoms with E-state index in [1.807, 2.05) is 0 Å². The Morgan fingerprint density at radius 2 is 1.55 bits per heavy atom. The number of nitrogens with zero attached hydrogens (tertiary/aromatic N) is 1. The molecule has 8 nitrogen and oxygen atoms in total. The Bertz CT molecular complexity index is 963. The summed E-state index contributed by atoms with van der Waals surface area (Å²) in [6.45, 7) is 0.686. The number of sulfonamides is 1. The van der Waals surface area contributed by atoms with E-state index in [1.165, 1.54) is 40.7 Å². The molecule has 0 bridgehead atoms. The van der Waals surface area contributed by atoms with Gasteiger partial charge < -0.3 is 14.6 Å². The second-order valence-corrected chi connectivity index (χ2v) is 8.33. The quantitative estimate of drug-likeness (QED) is 0.531. The normalized spacial score (nSPS) is 15.1. The van der Waals surface area contributed by atoms with Crippen LogP contribution in [-0.4, -0.2) is 62.5 Å². The number of hydrogen-bond donors (Lipinski definition) is 1. The molecule has 1 N–H and O–H groups in total. The van der Waals surface area contributed by atoms with Gasteiger partial charge in [0.15, 0.2) is 12.4 Å². The summed E-state index contributed by atoms with van der Waals surface area (Å²) in [5.41, 5.74) is 1.17. The Morgan fingerprint density at radius 1 is 0.966 bits per heavy atom. The molecule has 0 aromatic heterocycles. The van der Waals surface area contributed by atoms with Crippen molar-refractivity contribution in [3.63, 3.8) is 0 Å². The number of carbonyl (C=O) groups is 2. The van der Waals surface area contributed by atoms with Crippen LogP contribution in [0.4, 0.5) is 0 Å². The number of aliphatic hydroxyl groups is 1. The van der Waals surface area contributed by atoms with Gasteiger partial charge in [0.1, 0.15) is 0 Å². The smallest absolute Gasteiger partial charge is 0.338 e. The molecule has 0 radical (unpaired) electrons. The van der Waals surface area contributed by atoms with Gasteiger partial charge in [-0.3, -0.25) is 4.79 Å². The third-order valence-electron chi connectivity index (χ3n) is 4.49. The lowest BCUT2D eigenvalue weighted by Gasteiger charge is -2.26. The van der Waals surface area contributed by atoms with Gasteiger partial charge in [0, 0.05) is 18.7 Å². The lowest BCUT2D eigenvalue weighted by atomic mass is 10.1. The summed E-state index contributed by atoms with van der Waals surface area (Å²) in [5, 5.41) is 9.01. The zero-order chi connectivity index (χ0) is 20.9. The molecule has 1 fully saturated rings. The number of esters is 1. The van der Waals surface area contributed by atoms with Crippen LogP contribution in [0.3, 0.4) is 0 Å². The molecule has 0 saturated carbocycles. The second-order valence-electron chi connectivity index (χ2n) is 6.40. The summed E-state index contributed by atoms with van der Waals surface area (Å²) in [4.78, 5) is 24.4. The first-order valence-corrected chi connectivity index (χ1v) is 10.4. The summed E-state index contributed by atoms with van der Waals surface area (Å²) in [6.07, 6.45) is 0. The standard InChI is InChI=1S/C20H21NO7S/c22-13-15-1-3-17(4-2-15)20(24)28-14-19(23)16-5-7-18(8-6-16)29(25,26)21-9-11-27-12-10-21/h1-8,22H,9-14H2. The zero-order valence-electron chi connectivity index (χ0n) is 15.6. The molecular weight excluding hydrogens is 398 g/mol. The first-order chi connectivity index (χ1) is 13.9. The lowest BCUT2D eigenvalue weighted by Crippen LogP contribution is -2.40. The average Bonchev–Trinajstić information content (AvgIpc) is 2.78. The molecule has 0 atom stereocenters. The highest BCUT2D eigenvalue weighted by atomic mass is 32.2. The predicted molar refractivity (Wildman–Crippen MR) is 103 cm³/mol. The first-order valence-electron chi connectivity index (χ1n) is 9.00. The number of ether oxygens (including phenoxy) is 2. The van der Waals surface area contributed by atoms with E-state index in [2.05, 4.69) is 0 Å².